The summed E-state index contributed by atoms with van der Waals surface area (Å²) in [6, 6.07) is 2.88. The standard InChI is InChI=1S/C9H10ClF3O2/c10-8-4-3-7(15-8)6(14)2-1-5-9(11,12)13/h3-4,6,14H,1-2,5H2. The number of hydrogen-bond donors (Lipinski definition) is 1. The van der Waals surface area contributed by atoms with Crippen molar-refractivity contribution in [1.82, 2.24) is 0 Å². The van der Waals surface area contributed by atoms with Gasteiger partial charge in [0.25, 0.3) is 0 Å². The van der Waals surface area contributed by atoms with Crippen LogP contribution in [0.5, 0.6) is 0 Å². The van der Waals surface area contributed by atoms with Gasteiger partial charge in [0.1, 0.15) is 11.9 Å². The first-order valence-electron chi connectivity index (χ1n) is 4.38. The van der Waals surface area contributed by atoms with E-state index in [1.54, 1.807) is 0 Å². The Labute approximate surface area is 89.6 Å². The molecule has 0 bridgehead atoms. The van der Waals surface area contributed by atoms with Gasteiger partial charge in [0.2, 0.25) is 0 Å². The highest BCUT2D eigenvalue weighted by Crippen LogP contribution is 2.27. The largest absolute Gasteiger partial charge is 0.447 e. The van der Waals surface area contributed by atoms with Gasteiger partial charge in [-0.3, -0.25) is 0 Å². The van der Waals surface area contributed by atoms with Crippen molar-refractivity contribution >= 4 is 11.6 Å². The van der Waals surface area contributed by atoms with E-state index in [0.717, 1.165) is 0 Å². The van der Waals surface area contributed by atoms with Crippen LogP contribution in [0.2, 0.25) is 5.22 Å². The second-order valence-corrected chi connectivity index (χ2v) is 3.54. The zero-order chi connectivity index (χ0) is 11.5. The lowest BCUT2D eigenvalue weighted by Crippen LogP contribution is -2.07. The molecule has 1 N–H and O–H groups in total. The Morgan fingerprint density at radius 2 is 2.07 bits per heavy atom. The zero-order valence-corrected chi connectivity index (χ0v) is 8.48. The minimum Gasteiger partial charge on any atom is -0.447 e. The lowest BCUT2D eigenvalue weighted by Gasteiger charge is -2.09. The molecule has 0 saturated carbocycles. The van der Waals surface area contributed by atoms with Crippen LogP contribution in [0.15, 0.2) is 16.5 Å². The monoisotopic (exact) mass is 242 g/mol. The molecule has 0 aliphatic rings. The van der Waals surface area contributed by atoms with Crippen molar-refractivity contribution in [2.75, 3.05) is 0 Å². The lowest BCUT2D eigenvalue weighted by molar-refractivity contribution is -0.136. The van der Waals surface area contributed by atoms with Gasteiger partial charge in [-0.1, -0.05) is 0 Å². The molecule has 1 heterocycles. The molecule has 0 amide bonds. The first-order chi connectivity index (χ1) is 6.88. The summed E-state index contributed by atoms with van der Waals surface area (Å²) in [5, 5.41) is 9.52. The molecular formula is C9H10ClF3O2. The van der Waals surface area contributed by atoms with E-state index in [0.29, 0.717) is 0 Å². The highest BCUT2D eigenvalue weighted by molar-refractivity contribution is 6.28. The van der Waals surface area contributed by atoms with Crippen molar-refractivity contribution in [1.29, 1.82) is 0 Å². The summed E-state index contributed by atoms with van der Waals surface area (Å²) < 4.78 is 40.2. The highest BCUT2D eigenvalue weighted by atomic mass is 35.5. The molecule has 1 aromatic rings. The summed E-state index contributed by atoms with van der Waals surface area (Å²) in [4.78, 5) is 0. The molecule has 15 heavy (non-hydrogen) atoms. The number of hydrogen-bond acceptors (Lipinski definition) is 2. The Kier molecular flexibility index (Phi) is 4.04. The minimum atomic E-state index is -4.18. The number of alkyl halides is 3. The molecule has 1 aromatic heterocycles. The van der Waals surface area contributed by atoms with Crippen LogP contribution in [0.3, 0.4) is 0 Å². The molecule has 1 rings (SSSR count). The normalized spacial score (nSPS) is 14.2. The predicted molar refractivity (Wildman–Crippen MR) is 48.6 cm³/mol. The minimum absolute atomic E-state index is 0.00333. The van der Waals surface area contributed by atoms with Crippen molar-refractivity contribution in [3.8, 4) is 0 Å². The summed E-state index contributed by atoms with van der Waals surface area (Å²) in [5.74, 6) is 0.196. The van der Waals surface area contributed by atoms with Crippen molar-refractivity contribution in [3.05, 3.63) is 23.1 Å². The number of rotatable bonds is 4. The average molecular weight is 243 g/mol. The SMILES string of the molecule is OC(CCCC(F)(F)F)c1ccc(Cl)o1. The fraction of sp³-hybridized carbons (Fsp3) is 0.556. The van der Waals surface area contributed by atoms with E-state index in [-0.39, 0.29) is 23.8 Å². The Balaban J connectivity index is 2.34. The van der Waals surface area contributed by atoms with E-state index in [9.17, 15) is 18.3 Å². The topological polar surface area (TPSA) is 33.4 Å². The molecule has 0 aliphatic carbocycles. The summed E-state index contributed by atoms with van der Waals surface area (Å²) in [6.07, 6.45) is -6.24. The van der Waals surface area contributed by atoms with Crippen LogP contribution in [0.1, 0.15) is 31.1 Å². The van der Waals surface area contributed by atoms with Gasteiger partial charge in [-0.05, 0) is 36.6 Å². The fourth-order valence-electron chi connectivity index (χ4n) is 1.15. The van der Waals surface area contributed by atoms with Gasteiger partial charge in [-0.25, -0.2) is 0 Å². The summed E-state index contributed by atoms with van der Waals surface area (Å²) >= 11 is 5.45. The second kappa shape index (κ2) is 4.90. The van der Waals surface area contributed by atoms with Crippen LogP contribution in [-0.2, 0) is 0 Å². The third kappa shape index (κ3) is 4.57. The molecule has 6 heteroatoms. The highest BCUT2D eigenvalue weighted by Gasteiger charge is 2.27. The van der Waals surface area contributed by atoms with E-state index in [2.05, 4.69) is 0 Å². The van der Waals surface area contributed by atoms with Crippen LogP contribution in [0.25, 0.3) is 0 Å². The van der Waals surface area contributed by atoms with Gasteiger partial charge in [0.05, 0.1) is 0 Å². The first kappa shape index (κ1) is 12.4. The summed E-state index contributed by atoms with van der Waals surface area (Å²) in [7, 11) is 0. The van der Waals surface area contributed by atoms with Crippen LogP contribution in [0.4, 0.5) is 13.2 Å². The van der Waals surface area contributed by atoms with E-state index in [4.69, 9.17) is 16.0 Å². The van der Waals surface area contributed by atoms with Crippen LogP contribution in [0, 0.1) is 0 Å². The van der Waals surface area contributed by atoms with Crippen LogP contribution >= 0.6 is 11.6 Å². The molecule has 0 radical (unpaired) electrons. The van der Waals surface area contributed by atoms with Gasteiger partial charge in [0.15, 0.2) is 5.22 Å². The molecule has 1 unspecified atom stereocenters. The Hall–Kier alpha value is -0.680. The molecule has 0 aromatic carbocycles. The molecule has 86 valence electrons. The lowest BCUT2D eigenvalue weighted by atomic mass is 10.1. The van der Waals surface area contributed by atoms with Crippen molar-refractivity contribution in [3.63, 3.8) is 0 Å². The molecule has 1 atom stereocenters. The molecule has 0 aliphatic heterocycles. The van der Waals surface area contributed by atoms with E-state index >= 15 is 0 Å². The molecule has 2 nitrogen and oxygen atoms in total. The maximum Gasteiger partial charge on any atom is 0.389 e. The number of halogens is 4. The van der Waals surface area contributed by atoms with Crippen LogP contribution in [-0.4, -0.2) is 11.3 Å². The predicted octanol–water partition coefficient (Wildman–Crippen LogP) is 3.70. The van der Waals surface area contributed by atoms with Gasteiger partial charge in [0, 0.05) is 6.42 Å². The summed E-state index contributed by atoms with van der Waals surface area (Å²) in [5.41, 5.74) is 0. The van der Waals surface area contributed by atoms with Gasteiger partial charge in [-0.15, -0.1) is 0 Å². The van der Waals surface area contributed by atoms with Crippen molar-refractivity contribution < 1.29 is 22.7 Å². The Morgan fingerprint density at radius 1 is 1.40 bits per heavy atom. The van der Waals surface area contributed by atoms with Crippen molar-refractivity contribution in [2.45, 2.75) is 31.5 Å². The van der Waals surface area contributed by atoms with Crippen molar-refractivity contribution in [2.24, 2.45) is 0 Å². The average Bonchev–Trinajstić information content (AvgIpc) is 2.49. The number of furan rings is 1. The first-order valence-corrected chi connectivity index (χ1v) is 4.76. The van der Waals surface area contributed by atoms with E-state index in [1.165, 1.54) is 12.1 Å². The van der Waals surface area contributed by atoms with Gasteiger partial charge >= 0.3 is 6.18 Å². The third-order valence-corrected chi connectivity index (χ3v) is 2.06. The maximum absolute atomic E-state index is 11.8. The molecule has 0 fully saturated rings. The molecule has 0 saturated heterocycles. The summed E-state index contributed by atoms with van der Waals surface area (Å²) in [6.45, 7) is 0. The maximum atomic E-state index is 11.8. The third-order valence-electron chi connectivity index (χ3n) is 1.86. The van der Waals surface area contributed by atoms with Gasteiger partial charge in [-0.2, -0.15) is 13.2 Å². The molecule has 0 spiro atoms. The molecular weight excluding hydrogens is 233 g/mol. The van der Waals surface area contributed by atoms with Gasteiger partial charge < -0.3 is 9.52 Å². The smallest absolute Gasteiger partial charge is 0.389 e. The number of aliphatic hydroxyl groups excluding tert-OH is 1. The Morgan fingerprint density at radius 3 is 2.53 bits per heavy atom. The zero-order valence-electron chi connectivity index (χ0n) is 7.72. The quantitative estimate of drug-likeness (QED) is 0.873. The van der Waals surface area contributed by atoms with E-state index in [1.807, 2.05) is 0 Å². The fourth-order valence-corrected chi connectivity index (χ4v) is 1.30. The number of aliphatic hydroxyl groups is 1. The van der Waals surface area contributed by atoms with E-state index < -0.39 is 18.7 Å². The second-order valence-electron chi connectivity index (χ2n) is 3.17. The van der Waals surface area contributed by atoms with Crippen LogP contribution < -0.4 is 0 Å². The Bertz CT molecular complexity index is 309.